The van der Waals surface area contributed by atoms with Crippen LogP contribution in [0.2, 0.25) is 0 Å². The van der Waals surface area contributed by atoms with Gasteiger partial charge < -0.3 is 16.0 Å². The summed E-state index contributed by atoms with van der Waals surface area (Å²) in [4.78, 5) is 12.0. The lowest BCUT2D eigenvalue weighted by molar-refractivity contribution is 0.328. The fourth-order valence-electron chi connectivity index (χ4n) is 2.61. The molecule has 0 aliphatic carbocycles. The molecule has 3 rings (SSSR count). The lowest BCUT2D eigenvalue weighted by Crippen LogP contribution is -2.33. The minimum Gasteiger partial charge on any atom is -0.368 e. The van der Waals surface area contributed by atoms with E-state index in [0.717, 1.165) is 22.6 Å². The molecule has 19 heavy (non-hydrogen) atoms. The maximum absolute atomic E-state index is 5.76. The molecule has 0 radical (unpaired) electrons. The monoisotopic (exact) mass is 277 g/mol. The van der Waals surface area contributed by atoms with E-state index in [4.69, 9.17) is 5.73 Å². The van der Waals surface area contributed by atoms with Crippen molar-refractivity contribution in [2.24, 2.45) is 0 Å². The van der Waals surface area contributed by atoms with Gasteiger partial charge in [-0.2, -0.15) is 4.98 Å². The Morgan fingerprint density at radius 1 is 1.42 bits per heavy atom. The lowest BCUT2D eigenvalue weighted by Gasteiger charge is -2.21. The molecule has 3 heterocycles. The first-order valence-electron chi connectivity index (χ1n) is 6.72. The summed E-state index contributed by atoms with van der Waals surface area (Å²) in [5, 5.41) is 6.56. The van der Waals surface area contributed by atoms with Gasteiger partial charge in [-0.3, -0.25) is 0 Å². The molecule has 0 amide bonds. The number of hydrogen-bond donors (Lipinski definition) is 2. The number of nitrogens with zero attached hydrogens (tertiary/aromatic N) is 3. The fourth-order valence-corrected chi connectivity index (χ4v) is 3.38. The minimum absolute atomic E-state index is 0.339. The Balaban J connectivity index is 1.74. The molecule has 1 saturated heterocycles. The predicted molar refractivity (Wildman–Crippen MR) is 80.6 cm³/mol. The highest BCUT2D eigenvalue weighted by atomic mass is 32.1. The van der Waals surface area contributed by atoms with Crippen LogP contribution < -0.4 is 11.1 Å². The van der Waals surface area contributed by atoms with E-state index in [0.29, 0.717) is 12.0 Å². The zero-order valence-electron chi connectivity index (χ0n) is 11.1. The van der Waals surface area contributed by atoms with Crippen molar-refractivity contribution >= 4 is 33.3 Å². The SMILES string of the molecule is CC(CN1CCCC1)Nc1nc(N)nc2sccc12. The van der Waals surface area contributed by atoms with Gasteiger partial charge in [0, 0.05) is 12.6 Å². The van der Waals surface area contributed by atoms with E-state index in [1.165, 1.54) is 25.9 Å². The molecular weight excluding hydrogens is 258 g/mol. The third kappa shape index (κ3) is 2.79. The largest absolute Gasteiger partial charge is 0.368 e. The summed E-state index contributed by atoms with van der Waals surface area (Å²) >= 11 is 1.59. The van der Waals surface area contributed by atoms with Crippen LogP contribution in [0.5, 0.6) is 0 Å². The Hall–Kier alpha value is -1.40. The van der Waals surface area contributed by atoms with Crippen molar-refractivity contribution < 1.29 is 0 Å². The molecule has 0 bridgehead atoms. The van der Waals surface area contributed by atoms with E-state index in [9.17, 15) is 0 Å². The van der Waals surface area contributed by atoms with Crippen LogP contribution >= 0.6 is 11.3 Å². The predicted octanol–water partition coefficient (Wildman–Crippen LogP) is 2.17. The smallest absolute Gasteiger partial charge is 0.223 e. The van der Waals surface area contributed by atoms with Gasteiger partial charge in [0.1, 0.15) is 10.6 Å². The molecule has 1 atom stereocenters. The second-order valence-electron chi connectivity index (χ2n) is 5.12. The van der Waals surface area contributed by atoms with Gasteiger partial charge in [0.15, 0.2) is 0 Å². The number of aromatic nitrogens is 2. The number of likely N-dealkylation sites (tertiary alicyclic amines) is 1. The second-order valence-corrected chi connectivity index (χ2v) is 6.02. The van der Waals surface area contributed by atoms with Gasteiger partial charge in [0.25, 0.3) is 0 Å². The van der Waals surface area contributed by atoms with E-state index in [1.807, 2.05) is 11.4 Å². The number of hydrogen-bond acceptors (Lipinski definition) is 6. The average Bonchev–Trinajstić information content (AvgIpc) is 2.99. The Morgan fingerprint density at radius 2 is 2.21 bits per heavy atom. The van der Waals surface area contributed by atoms with Crippen molar-refractivity contribution in [1.29, 1.82) is 0 Å². The molecule has 3 N–H and O–H groups in total. The van der Waals surface area contributed by atoms with E-state index < -0.39 is 0 Å². The molecule has 5 nitrogen and oxygen atoms in total. The summed E-state index contributed by atoms with van der Waals surface area (Å²) in [7, 11) is 0. The Labute approximate surface area is 116 Å². The van der Waals surface area contributed by atoms with Gasteiger partial charge in [0.2, 0.25) is 5.95 Å². The molecule has 0 aromatic carbocycles. The number of fused-ring (bicyclic) bond motifs is 1. The van der Waals surface area contributed by atoms with E-state index in [2.05, 4.69) is 27.1 Å². The first kappa shape index (κ1) is 12.6. The maximum atomic E-state index is 5.76. The summed E-state index contributed by atoms with van der Waals surface area (Å²) in [5.41, 5.74) is 5.76. The van der Waals surface area contributed by atoms with Gasteiger partial charge in [-0.05, 0) is 44.3 Å². The van der Waals surface area contributed by atoms with Crippen molar-refractivity contribution in [3.8, 4) is 0 Å². The molecule has 1 aliphatic rings. The van der Waals surface area contributed by atoms with Gasteiger partial charge >= 0.3 is 0 Å². The first-order valence-corrected chi connectivity index (χ1v) is 7.60. The van der Waals surface area contributed by atoms with Crippen LogP contribution in [0.1, 0.15) is 19.8 Å². The van der Waals surface area contributed by atoms with Crippen molar-refractivity contribution in [3.63, 3.8) is 0 Å². The van der Waals surface area contributed by atoms with Crippen molar-refractivity contribution in [3.05, 3.63) is 11.4 Å². The summed E-state index contributed by atoms with van der Waals surface area (Å²) < 4.78 is 0. The topological polar surface area (TPSA) is 67.1 Å². The highest BCUT2D eigenvalue weighted by Gasteiger charge is 2.16. The van der Waals surface area contributed by atoms with Gasteiger partial charge in [-0.15, -0.1) is 11.3 Å². The number of thiophene rings is 1. The molecule has 0 saturated carbocycles. The van der Waals surface area contributed by atoms with E-state index in [1.54, 1.807) is 11.3 Å². The molecular formula is C13H19N5S. The minimum atomic E-state index is 0.339. The molecule has 1 aliphatic heterocycles. The molecule has 102 valence electrons. The highest BCUT2D eigenvalue weighted by molar-refractivity contribution is 7.16. The summed E-state index contributed by atoms with van der Waals surface area (Å²) in [6.07, 6.45) is 2.64. The van der Waals surface area contributed by atoms with Crippen molar-refractivity contribution in [2.45, 2.75) is 25.8 Å². The van der Waals surface area contributed by atoms with Crippen LogP contribution in [0.4, 0.5) is 11.8 Å². The number of nitrogens with two attached hydrogens (primary N) is 1. The van der Waals surface area contributed by atoms with Crippen LogP contribution in [0, 0.1) is 0 Å². The van der Waals surface area contributed by atoms with Gasteiger partial charge in [0.05, 0.1) is 5.39 Å². The Morgan fingerprint density at radius 3 is 3.00 bits per heavy atom. The number of rotatable bonds is 4. The van der Waals surface area contributed by atoms with Crippen LogP contribution in [0.3, 0.4) is 0 Å². The zero-order chi connectivity index (χ0) is 13.2. The normalized spacial score (nSPS) is 17.9. The highest BCUT2D eigenvalue weighted by Crippen LogP contribution is 2.26. The molecule has 2 aromatic heterocycles. The summed E-state index contributed by atoms with van der Waals surface area (Å²) in [5.74, 6) is 1.20. The number of nitrogens with one attached hydrogen (secondary N) is 1. The number of nitrogen functional groups attached to an aromatic ring is 1. The standard InChI is InChI=1S/C13H19N5S/c1-9(8-18-5-2-3-6-18)15-11-10-4-7-19-12(10)17-13(14)16-11/h4,7,9H,2-3,5-6,8H2,1H3,(H3,14,15,16,17). The fraction of sp³-hybridized carbons (Fsp3) is 0.538. The van der Waals surface area contributed by atoms with E-state index in [-0.39, 0.29) is 0 Å². The van der Waals surface area contributed by atoms with Crippen molar-refractivity contribution in [2.75, 3.05) is 30.7 Å². The van der Waals surface area contributed by atoms with Crippen LogP contribution in [-0.4, -0.2) is 40.5 Å². The van der Waals surface area contributed by atoms with E-state index >= 15 is 0 Å². The van der Waals surface area contributed by atoms with Gasteiger partial charge in [-0.25, -0.2) is 4.98 Å². The zero-order valence-corrected chi connectivity index (χ0v) is 11.9. The molecule has 0 spiro atoms. The molecule has 2 aromatic rings. The Bertz CT molecular complexity index is 561. The summed E-state index contributed by atoms with van der Waals surface area (Å²) in [6.45, 7) is 5.67. The molecule has 6 heteroatoms. The lowest BCUT2D eigenvalue weighted by atomic mass is 10.3. The van der Waals surface area contributed by atoms with Crippen LogP contribution in [-0.2, 0) is 0 Å². The second kappa shape index (κ2) is 5.30. The van der Waals surface area contributed by atoms with Gasteiger partial charge in [-0.1, -0.05) is 0 Å². The maximum Gasteiger partial charge on any atom is 0.223 e. The Kier molecular flexibility index (Phi) is 3.52. The van der Waals surface area contributed by atoms with Crippen molar-refractivity contribution in [1.82, 2.24) is 14.9 Å². The average molecular weight is 277 g/mol. The quantitative estimate of drug-likeness (QED) is 0.896. The summed E-state index contributed by atoms with van der Waals surface area (Å²) in [6, 6.07) is 2.40. The third-order valence-electron chi connectivity index (χ3n) is 3.46. The molecule has 1 unspecified atom stereocenters. The van der Waals surface area contributed by atoms with Crippen LogP contribution in [0.25, 0.3) is 10.2 Å². The number of anilines is 2. The first-order chi connectivity index (χ1) is 9.22. The third-order valence-corrected chi connectivity index (χ3v) is 4.26. The molecule has 1 fully saturated rings. The van der Waals surface area contributed by atoms with Crippen LogP contribution in [0.15, 0.2) is 11.4 Å².